The van der Waals surface area contributed by atoms with Crippen molar-refractivity contribution < 1.29 is 19.1 Å². The summed E-state index contributed by atoms with van der Waals surface area (Å²) in [6.45, 7) is 5.32. The molecular formula is C38H51NO4S. The van der Waals surface area contributed by atoms with Crippen LogP contribution in [0.2, 0.25) is 0 Å². The number of carbonyl (C=O) groups excluding carboxylic acids is 3. The van der Waals surface area contributed by atoms with E-state index in [4.69, 9.17) is 4.74 Å². The molecule has 0 bridgehead atoms. The van der Waals surface area contributed by atoms with Gasteiger partial charge in [0.1, 0.15) is 0 Å². The summed E-state index contributed by atoms with van der Waals surface area (Å²) in [6.07, 6.45) is 32.4. The summed E-state index contributed by atoms with van der Waals surface area (Å²) in [5.74, 6) is 0.306. The Balaban J connectivity index is 0.00000675. The molecule has 0 aliphatic carbocycles. The number of nitrogens with zero attached hydrogens (tertiary/aromatic N) is 1. The van der Waals surface area contributed by atoms with Gasteiger partial charge in [0, 0.05) is 37.6 Å². The number of carbonyl (C=O) groups is 3. The number of allylic oxidation sites excluding steroid dienone is 11. The first-order valence-corrected chi connectivity index (χ1v) is 16.0. The third kappa shape index (κ3) is 12.3. The Hall–Kier alpha value is -3.38. The van der Waals surface area contributed by atoms with Crippen molar-refractivity contribution in [1.82, 2.24) is 4.90 Å². The molecule has 2 atom stereocenters. The maximum absolute atomic E-state index is 12.8. The molecule has 3 rings (SSSR count). The van der Waals surface area contributed by atoms with Gasteiger partial charge in [-0.2, -0.15) is 13.5 Å². The van der Waals surface area contributed by atoms with Crippen LogP contribution in [0.15, 0.2) is 103 Å². The van der Waals surface area contributed by atoms with E-state index in [2.05, 4.69) is 67.7 Å². The fourth-order valence-corrected chi connectivity index (χ4v) is 5.30. The second kappa shape index (κ2) is 20.6. The number of amides is 1. The molecule has 6 heteroatoms. The Morgan fingerprint density at radius 3 is 2.09 bits per heavy atom. The maximum Gasteiger partial charge on any atom is 0.222 e. The fraction of sp³-hybridized carbons (Fsp3) is 0.447. The highest BCUT2D eigenvalue weighted by Gasteiger charge is 2.43. The van der Waals surface area contributed by atoms with Gasteiger partial charge in [-0.1, -0.05) is 98.0 Å². The van der Waals surface area contributed by atoms with E-state index in [0.29, 0.717) is 31.7 Å². The van der Waals surface area contributed by atoms with Gasteiger partial charge in [-0.25, -0.2) is 0 Å². The van der Waals surface area contributed by atoms with Crippen LogP contribution in [-0.2, 0) is 24.7 Å². The molecule has 2 aliphatic heterocycles. The number of likely N-dealkylation sites (tertiary alicyclic amines) is 1. The van der Waals surface area contributed by atoms with E-state index >= 15 is 0 Å². The van der Waals surface area contributed by atoms with Gasteiger partial charge in [0.2, 0.25) is 11.7 Å². The number of hydrogen-bond acceptors (Lipinski definition) is 4. The molecule has 1 saturated heterocycles. The van der Waals surface area contributed by atoms with Crippen LogP contribution in [0.25, 0.3) is 0 Å². The lowest BCUT2D eigenvalue weighted by Crippen LogP contribution is -2.30. The van der Waals surface area contributed by atoms with Crippen molar-refractivity contribution in [2.75, 3.05) is 13.1 Å². The molecule has 1 amide bonds. The summed E-state index contributed by atoms with van der Waals surface area (Å²) in [5.41, 5.74) is -0.402. The molecule has 2 heterocycles. The fourth-order valence-electron chi connectivity index (χ4n) is 5.30. The van der Waals surface area contributed by atoms with Gasteiger partial charge in [0.15, 0.2) is 17.1 Å². The third-order valence-electron chi connectivity index (χ3n) is 7.98. The standard InChI is InChI=1S/C38H49NO4.H2S/c1-3-4-5-6-7-8-9-10-11-12-13-14-15-16-17-18-22-25-37(42)39-29-28-32(31-39)26-27-34(40)35-30-36(41)38(2,43-35)33-23-20-19-21-24-33;/h4-5,7-8,10-11,13-14,16-17,19-21,23-24,30,32H,3,6,9,12,15,18,22,25-29,31H2,1-2H3;1H2/b5-4-,8-7-,11-10-,14-13-,17-16-;/t32-,38?;/m1./s1. The SMILES string of the molecule is CC/C=C\C/C=C\C/C=C\C/C=C\C/C=C\CCCC(=O)N1CC[C@@H](CCC(=O)C2=CC(=O)C(C)(c3ccccc3)O2)C1.S. The van der Waals surface area contributed by atoms with Crippen LogP contribution in [0.4, 0.5) is 0 Å². The molecule has 0 saturated carbocycles. The first-order chi connectivity index (χ1) is 20.9. The summed E-state index contributed by atoms with van der Waals surface area (Å²) in [7, 11) is 0. The molecule has 1 fully saturated rings. The zero-order valence-corrected chi connectivity index (χ0v) is 27.6. The van der Waals surface area contributed by atoms with Crippen molar-refractivity contribution in [3.8, 4) is 0 Å². The number of rotatable bonds is 18. The minimum absolute atomic E-state index is 0. The van der Waals surface area contributed by atoms with Gasteiger partial charge >= 0.3 is 0 Å². The summed E-state index contributed by atoms with van der Waals surface area (Å²) >= 11 is 0. The van der Waals surface area contributed by atoms with Gasteiger partial charge in [-0.3, -0.25) is 14.4 Å². The van der Waals surface area contributed by atoms with Crippen LogP contribution >= 0.6 is 13.5 Å². The van der Waals surface area contributed by atoms with E-state index < -0.39 is 5.60 Å². The van der Waals surface area contributed by atoms with E-state index in [-0.39, 0.29) is 36.7 Å². The molecule has 1 unspecified atom stereocenters. The van der Waals surface area contributed by atoms with Gasteiger partial charge in [-0.15, -0.1) is 0 Å². The molecule has 238 valence electrons. The second-order valence-electron chi connectivity index (χ2n) is 11.4. The van der Waals surface area contributed by atoms with E-state index in [9.17, 15) is 14.4 Å². The number of ketones is 2. The van der Waals surface area contributed by atoms with Crippen LogP contribution in [0.3, 0.4) is 0 Å². The molecule has 0 N–H and O–H groups in total. The lowest BCUT2D eigenvalue weighted by Gasteiger charge is -2.24. The summed E-state index contributed by atoms with van der Waals surface area (Å²) in [6, 6.07) is 9.28. The van der Waals surface area contributed by atoms with E-state index in [1.54, 1.807) is 6.92 Å². The van der Waals surface area contributed by atoms with E-state index in [0.717, 1.165) is 63.5 Å². The van der Waals surface area contributed by atoms with Crippen LogP contribution in [0.5, 0.6) is 0 Å². The van der Waals surface area contributed by atoms with Crippen molar-refractivity contribution in [2.45, 2.75) is 90.1 Å². The zero-order valence-electron chi connectivity index (χ0n) is 26.6. The first kappa shape index (κ1) is 36.8. The number of ether oxygens (including phenoxy) is 1. The van der Waals surface area contributed by atoms with Crippen LogP contribution in [-0.4, -0.2) is 35.5 Å². The van der Waals surface area contributed by atoms with Crippen molar-refractivity contribution in [1.29, 1.82) is 0 Å². The Morgan fingerprint density at radius 1 is 0.886 bits per heavy atom. The van der Waals surface area contributed by atoms with Crippen molar-refractivity contribution in [2.24, 2.45) is 5.92 Å². The van der Waals surface area contributed by atoms with Gasteiger partial charge in [0.25, 0.3) is 0 Å². The molecule has 0 spiro atoms. The molecule has 0 aromatic heterocycles. The molecular weight excluding hydrogens is 566 g/mol. The van der Waals surface area contributed by atoms with Crippen molar-refractivity contribution >= 4 is 31.0 Å². The monoisotopic (exact) mass is 617 g/mol. The maximum atomic E-state index is 12.8. The quantitative estimate of drug-likeness (QED) is 0.122. The molecule has 1 aromatic rings. The minimum Gasteiger partial charge on any atom is -0.471 e. The Bertz CT molecular complexity index is 1230. The highest BCUT2D eigenvalue weighted by molar-refractivity contribution is 7.59. The second-order valence-corrected chi connectivity index (χ2v) is 11.4. The number of hydrogen-bond donors (Lipinski definition) is 0. The van der Waals surface area contributed by atoms with Gasteiger partial charge in [0.05, 0.1) is 0 Å². The van der Waals surface area contributed by atoms with Crippen LogP contribution < -0.4 is 0 Å². The van der Waals surface area contributed by atoms with Crippen molar-refractivity contribution in [3.05, 3.63) is 108 Å². The number of unbranched alkanes of at least 4 members (excludes halogenated alkanes) is 1. The largest absolute Gasteiger partial charge is 0.471 e. The molecule has 0 radical (unpaired) electrons. The number of Topliss-reactive ketones (excluding diaryl/α,β-unsaturated/α-hetero) is 1. The average molecular weight is 618 g/mol. The predicted molar refractivity (Wildman–Crippen MR) is 186 cm³/mol. The Kier molecular flexibility index (Phi) is 17.2. The summed E-state index contributed by atoms with van der Waals surface area (Å²) in [4.78, 5) is 40.1. The van der Waals surface area contributed by atoms with E-state index in [1.165, 1.54) is 6.08 Å². The molecule has 1 aromatic carbocycles. The van der Waals surface area contributed by atoms with Crippen molar-refractivity contribution in [3.63, 3.8) is 0 Å². The van der Waals surface area contributed by atoms with Gasteiger partial charge < -0.3 is 9.64 Å². The predicted octanol–water partition coefficient (Wildman–Crippen LogP) is 8.62. The minimum atomic E-state index is -1.14. The normalized spacial score (nSPS) is 20.4. The first-order valence-electron chi connectivity index (χ1n) is 16.0. The smallest absolute Gasteiger partial charge is 0.222 e. The lowest BCUT2D eigenvalue weighted by atomic mass is 9.92. The Morgan fingerprint density at radius 2 is 1.48 bits per heavy atom. The summed E-state index contributed by atoms with van der Waals surface area (Å²) in [5, 5.41) is 0. The van der Waals surface area contributed by atoms with Crippen LogP contribution in [0.1, 0.15) is 90.0 Å². The van der Waals surface area contributed by atoms with E-state index in [1.807, 2.05) is 35.2 Å². The molecule has 5 nitrogen and oxygen atoms in total. The Labute approximate surface area is 272 Å². The zero-order chi connectivity index (χ0) is 30.8. The summed E-state index contributed by atoms with van der Waals surface area (Å²) < 4.78 is 5.89. The topological polar surface area (TPSA) is 63.7 Å². The average Bonchev–Trinajstić information content (AvgIpc) is 3.62. The molecule has 2 aliphatic rings. The van der Waals surface area contributed by atoms with Crippen LogP contribution in [0, 0.1) is 5.92 Å². The van der Waals surface area contributed by atoms with Gasteiger partial charge in [-0.05, 0) is 70.6 Å². The highest BCUT2D eigenvalue weighted by Crippen LogP contribution is 2.36. The number of benzene rings is 1. The third-order valence-corrected chi connectivity index (χ3v) is 7.98. The highest BCUT2D eigenvalue weighted by atomic mass is 32.1. The lowest BCUT2D eigenvalue weighted by molar-refractivity contribution is -0.132. The molecule has 44 heavy (non-hydrogen) atoms.